The van der Waals surface area contributed by atoms with Gasteiger partial charge in [-0.25, -0.2) is 4.39 Å². The fraction of sp³-hybridized carbons (Fsp3) is 0.625. The summed E-state index contributed by atoms with van der Waals surface area (Å²) in [4.78, 5) is 2.36. The molecular formula is C16H27FN2. The monoisotopic (exact) mass is 266 g/mol. The molecule has 0 amide bonds. The van der Waals surface area contributed by atoms with Crippen LogP contribution in [0.5, 0.6) is 0 Å². The van der Waals surface area contributed by atoms with E-state index in [-0.39, 0.29) is 11.9 Å². The molecule has 0 heterocycles. The van der Waals surface area contributed by atoms with Crippen molar-refractivity contribution in [3.63, 3.8) is 0 Å². The van der Waals surface area contributed by atoms with Gasteiger partial charge in [-0.1, -0.05) is 26.0 Å². The van der Waals surface area contributed by atoms with Crippen LogP contribution in [0.25, 0.3) is 0 Å². The van der Waals surface area contributed by atoms with Crippen molar-refractivity contribution >= 4 is 0 Å². The van der Waals surface area contributed by atoms with Crippen molar-refractivity contribution in [2.75, 3.05) is 20.1 Å². The highest BCUT2D eigenvalue weighted by Crippen LogP contribution is 2.18. The molecule has 0 saturated heterocycles. The third-order valence-electron chi connectivity index (χ3n) is 3.82. The van der Waals surface area contributed by atoms with Gasteiger partial charge in [-0.2, -0.15) is 0 Å². The molecule has 19 heavy (non-hydrogen) atoms. The molecule has 0 bridgehead atoms. The Morgan fingerprint density at radius 3 is 2.63 bits per heavy atom. The Morgan fingerprint density at radius 1 is 1.32 bits per heavy atom. The van der Waals surface area contributed by atoms with Crippen LogP contribution in [0.4, 0.5) is 4.39 Å². The minimum Gasteiger partial charge on any atom is -0.310 e. The van der Waals surface area contributed by atoms with Gasteiger partial charge in [-0.3, -0.25) is 0 Å². The standard InChI is InChI=1S/C16H27FN2/c1-5-13(3)19(4)11-10-16(18-6-2)14-8-7-9-15(17)12-14/h7-9,12-13,16,18H,5-6,10-11H2,1-4H3. The lowest BCUT2D eigenvalue weighted by Crippen LogP contribution is -2.32. The average molecular weight is 266 g/mol. The van der Waals surface area contributed by atoms with Crippen molar-refractivity contribution in [1.82, 2.24) is 10.2 Å². The van der Waals surface area contributed by atoms with Gasteiger partial charge in [0.05, 0.1) is 0 Å². The van der Waals surface area contributed by atoms with Crippen molar-refractivity contribution in [2.24, 2.45) is 0 Å². The zero-order valence-corrected chi connectivity index (χ0v) is 12.6. The molecular weight excluding hydrogens is 239 g/mol. The summed E-state index contributed by atoms with van der Waals surface area (Å²) >= 11 is 0. The summed E-state index contributed by atoms with van der Waals surface area (Å²) in [6.45, 7) is 8.45. The van der Waals surface area contributed by atoms with Crippen LogP contribution in [0.1, 0.15) is 45.2 Å². The van der Waals surface area contributed by atoms with E-state index in [0.717, 1.165) is 31.5 Å². The number of hydrogen-bond donors (Lipinski definition) is 1. The van der Waals surface area contributed by atoms with Gasteiger partial charge in [-0.15, -0.1) is 0 Å². The summed E-state index contributed by atoms with van der Waals surface area (Å²) in [5.41, 5.74) is 1.04. The fourth-order valence-electron chi connectivity index (χ4n) is 2.22. The molecule has 0 aromatic heterocycles. The smallest absolute Gasteiger partial charge is 0.123 e. The lowest BCUT2D eigenvalue weighted by atomic mass is 10.0. The zero-order valence-electron chi connectivity index (χ0n) is 12.6. The van der Waals surface area contributed by atoms with E-state index in [4.69, 9.17) is 0 Å². The summed E-state index contributed by atoms with van der Waals surface area (Å²) in [6.07, 6.45) is 2.15. The minimum atomic E-state index is -0.157. The Hall–Kier alpha value is -0.930. The molecule has 1 aromatic carbocycles. The molecule has 1 N–H and O–H groups in total. The Balaban J connectivity index is 2.63. The molecule has 108 valence electrons. The van der Waals surface area contributed by atoms with E-state index in [1.54, 1.807) is 12.1 Å². The lowest BCUT2D eigenvalue weighted by molar-refractivity contribution is 0.238. The molecule has 0 fully saturated rings. The second kappa shape index (κ2) is 8.28. The van der Waals surface area contributed by atoms with Gasteiger partial charge in [0.15, 0.2) is 0 Å². The van der Waals surface area contributed by atoms with Gasteiger partial charge in [0, 0.05) is 12.1 Å². The summed E-state index contributed by atoms with van der Waals surface area (Å²) < 4.78 is 13.3. The van der Waals surface area contributed by atoms with Crippen molar-refractivity contribution in [3.8, 4) is 0 Å². The number of benzene rings is 1. The first-order valence-electron chi connectivity index (χ1n) is 7.27. The molecule has 2 nitrogen and oxygen atoms in total. The second-order valence-corrected chi connectivity index (χ2v) is 5.19. The first-order valence-corrected chi connectivity index (χ1v) is 7.27. The van der Waals surface area contributed by atoms with Crippen LogP contribution in [0.2, 0.25) is 0 Å². The normalized spacial score (nSPS) is 14.6. The molecule has 2 unspecified atom stereocenters. The molecule has 0 radical (unpaired) electrons. The number of hydrogen-bond acceptors (Lipinski definition) is 2. The number of nitrogens with zero attached hydrogens (tertiary/aromatic N) is 1. The Labute approximate surface area is 117 Å². The van der Waals surface area contributed by atoms with Crippen LogP contribution in [0.3, 0.4) is 0 Å². The van der Waals surface area contributed by atoms with Crippen molar-refractivity contribution in [1.29, 1.82) is 0 Å². The first kappa shape index (κ1) is 16.1. The molecule has 0 aliphatic carbocycles. The number of rotatable bonds is 8. The maximum Gasteiger partial charge on any atom is 0.123 e. The molecule has 0 saturated carbocycles. The van der Waals surface area contributed by atoms with E-state index in [1.807, 2.05) is 6.07 Å². The summed E-state index contributed by atoms with van der Waals surface area (Å²) in [6, 6.07) is 7.74. The topological polar surface area (TPSA) is 15.3 Å². The highest BCUT2D eigenvalue weighted by atomic mass is 19.1. The molecule has 1 rings (SSSR count). The first-order chi connectivity index (χ1) is 9.08. The van der Waals surface area contributed by atoms with E-state index in [0.29, 0.717) is 6.04 Å². The highest BCUT2D eigenvalue weighted by molar-refractivity contribution is 5.20. The van der Waals surface area contributed by atoms with Crippen LogP contribution >= 0.6 is 0 Å². The summed E-state index contributed by atoms with van der Waals surface area (Å²) in [5, 5.41) is 3.45. The quantitative estimate of drug-likeness (QED) is 0.773. The Morgan fingerprint density at radius 2 is 2.05 bits per heavy atom. The minimum absolute atomic E-state index is 0.157. The third kappa shape index (κ3) is 5.29. The Kier molecular flexibility index (Phi) is 7.03. The molecule has 0 aliphatic heterocycles. The van der Waals surface area contributed by atoms with Crippen molar-refractivity contribution in [3.05, 3.63) is 35.6 Å². The van der Waals surface area contributed by atoms with Crippen LogP contribution in [-0.4, -0.2) is 31.1 Å². The van der Waals surface area contributed by atoms with E-state index in [1.165, 1.54) is 6.07 Å². The average Bonchev–Trinajstić information content (AvgIpc) is 2.42. The van der Waals surface area contributed by atoms with Gasteiger partial charge in [0.1, 0.15) is 5.82 Å². The Bertz CT molecular complexity index is 368. The van der Waals surface area contributed by atoms with Crippen LogP contribution in [0.15, 0.2) is 24.3 Å². The molecule has 2 atom stereocenters. The van der Waals surface area contributed by atoms with E-state index < -0.39 is 0 Å². The fourth-order valence-corrected chi connectivity index (χ4v) is 2.22. The molecule has 1 aromatic rings. The van der Waals surface area contributed by atoms with Gasteiger partial charge < -0.3 is 10.2 Å². The van der Waals surface area contributed by atoms with E-state index in [9.17, 15) is 4.39 Å². The predicted molar refractivity (Wildman–Crippen MR) is 79.8 cm³/mol. The number of nitrogens with one attached hydrogen (secondary N) is 1. The van der Waals surface area contributed by atoms with Crippen LogP contribution in [0, 0.1) is 5.82 Å². The second-order valence-electron chi connectivity index (χ2n) is 5.19. The van der Waals surface area contributed by atoms with Gasteiger partial charge >= 0.3 is 0 Å². The van der Waals surface area contributed by atoms with Crippen LogP contribution < -0.4 is 5.32 Å². The zero-order chi connectivity index (χ0) is 14.3. The van der Waals surface area contributed by atoms with E-state index >= 15 is 0 Å². The summed E-state index contributed by atoms with van der Waals surface area (Å²) in [5.74, 6) is -0.157. The maximum absolute atomic E-state index is 13.3. The van der Waals surface area contributed by atoms with Crippen LogP contribution in [-0.2, 0) is 0 Å². The molecule has 3 heteroatoms. The highest BCUT2D eigenvalue weighted by Gasteiger charge is 2.13. The number of halogens is 1. The van der Waals surface area contributed by atoms with Gasteiger partial charge in [-0.05, 0) is 57.6 Å². The van der Waals surface area contributed by atoms with Gasteiger partial charge in [0.2, 0.25) is 0 Å². The summed E-state index contributed by atoms with van der Waals surface area (Å²) in [7, 11) is 2.16. The third-order valence-corrected chi connectivity index (χ3v) is 3.82. The lowest BCUT2D eigenvalue weighted by Gasteiger charge is -2.26. The predicted octanol–water partition coefficient (Wildman–Crippen LogP) is 3.60. The molecule has 0 spiro atoms. The SMILES string of the molecule is CCNC(CCN(C)C(C)CC)c1cccc(F)c1. The van der Waals surface area contributed by atoms with Crippen molar-refractivity contribution in [2.45, 2.75) is 45.7 Å². The van der Waals surface area contributed by atoms with E-state index in [2.05, 4.69) is 38.0 Å². The largest absolute Gasteiger partial charge is 0.310 e. The molecule has 0 aliphatic rings. The van der Waals surface area contributed by atoms with Gasteiger partial charge in [0.25, 0.3) is 0 Å². The maximum atomic E-state index is 13.3. The van der Waals surface area contributed by atoms with Crippen molar-refractivity contribution < 1.29 is 4.39 Å².